The van der Waals surface area contributed by atoms with Gasteiger partial charge in [0.2, 0.25) is 0 Å². The van der Waals surface area contributed by atoms with E-state index in [1.165, 1.54) is 17.4 Å². The zero-order chi connectivity index (χ0) is 13.1. The standard InChI is InChI=1S/C12H8BrClO3S/c13-10-5-4-7(18-10)6-17-9-3-1-2-8(14)11(9)12(15)16/h1-5H,6H2,(H,15,16). The first-order valence-electron chi connectivity index (χ1n) is 4.96. The smallest absolute Gasteiger partial charge is 0.341 e. The molecule has 0 spiro atoms. The molecule has 94 valence electrons. The summed E-state index contributed by atoms with van der Waals surface area (Å²) >= 11 is 10.7. The van der Waals surface area contributed by atoms with Crippen LogP contribution in [0.5, 0.6) is 5.75 Å². The number of carboxylic acid groups (broad SMARTS) is 1. The summed E-state index contributed by atoms with van der Waals surface area (Å²) in [5.74, 6) is -0.817. The lowest BCUT2D eigenvalue weighted by atomic mass is 10.2. The molecule has 0 amide bonds. The summed E-state index contributed by atoms with van der Waals surface area (Å²) in [4.78, 5) is 12.1. The Balaban J connectivity index is 2.19. The molecule has 0 bridgehead atoms. The normalized spacial score (nSPS) is 10.3. The second kappa shape index (κ2) is 5.73. The number of aromatic carboxylic acids is 1. The van der Waals surface area contributed by atoms with Gasteiger partial charge in [-0.3, -0.25) is 0 Å². The van der Waals surface area contributed by atoms with Crippen LogP contribution in [0.3, 0.4) is 0 Å². The van der Waals surface area contributed by atoms with Crippen LogP contribution in [0.25, 0.3) is 0 Å². The van der Waals surface area contributed by atoms with Gasteiger partial charge in [-0.25, -0.2) is 4.79 Å². The molecule has 0 saturated carbocycles. The summed E-state index contributed by atoms with van der Waals surface area (Å²) in [6, 6.07) is 8.62. The van der Waals surface area contributed by atoms with Crippen LogP contribution in [0, 0.1) is 0 Å². The van der Waals surface area contributed by atoms with Crippen LogP contribution in [0.4, 0.5) is 0 Å². The van der Waals surface area contributed by atoms with Gasteiger partial charge in [0.15, 0.2) is 0 Å². The number of carbonyl (C=O) groups is 1. The monoisotopic (exact) mass is 346 g/mol. The summed E-state index contributed by atoms with van der Waals surface area (Å²) in [6.07, 6.45) is 0. The second-order valence-corrected chi connectivity index (χ2v) is 6.37. The Labute approximate surface area is 121 Å². The minimum absolute atomic E-state index is 0.00483. The number of benzene rings is 1. The molecule has 0 aliphatic heterocycles. The molecule has 1 heterocycles. The Morgan fingerprint density at radius 3 is 2.78 bits per heavy atom. The Morgan fingerprint density at radius 2 is 2.17 bits per heavy atom. The van der Waals surface area contributed by atoms with Crippen LogP contribution in [-0.2, 0) is 6.61 Å². The highest BCUT2D eigenvalue weighted by molar-refractivity contribution is 9.11. The lowest BCUT2D eigenvalue weighted by molar-refractivity contribution is 0.0692. The third-order valence-corrected chi connectivity index (χ3v) is 4.10. The number of halogens is 2. The zero-order valence-electron chi connectivity index (χ0n) is 9.02. The van der Waals surface area contributed by atoms with E-state index >= 15 is 0 Å². The van der Waals surface area contributed by atoms with E-state index < -0.39 is 5.97 Å². The molecule has 1 N–H and O–H groups in total. The molecule has 0 fully saturated rings. The highest BCUT2D eigenvalue weighted by atomic mass is 79.9. The van der Waals surface area contributed by atoms with Gasteiger partial charge >= 0.3 is 5.97 Å². The van der Waals surface area contributed by atoms with Gasteiger partial charge < -0.3 is 9.84 Å². The van der Waals surface area contributed by atoms with Gasteiger partial charge in [0.05, 0.1) is 8.81 Å². The van der Waals surface area contributed by atoms with E-state index in [0.717, 1.165) is 8.66 Å². The molecule has 0 unspecified atom stereocenters. The first kappa shape index (κ1) is 13.4. The molecule has 6 heteroatoms. The summed E-state index contributed by atoms with van der Waals surface area (Å²) in [7, 11) is 0. The summed E-state index contributed by atoms with van der Waals surface area (Å²) in [5, 5.41) is 9.25. The van der Waals surface area contributed by atoms with Crippen molar-refractivity contribution < 1.29 is 14.6 Å². The first-order chi connectivity index (χ1) is 8.58. The van der Waals surface area contributed by atoms with Gasteiger partial charge in [0.1, 0.15) is 17.9 Å². The SMILES string of the molecule is O=C(O)c1c(Cl)cccc1OCc1ccc(Br)s1. The van der Waals surface area contributed by atoms with Gasteiger partial charge in [-0.15, -0.1) is 11.3 Å². The Hall–Kier alpha value is -1.04. The van der Waals surface area contributed by atoms with Crippen molar-refractivity contribution in [3.63, 3.8) is 0 Å². The first-order valence-corrected chi connectivity index (χ1v) is 6.95. The summed E-state index contributed by atoms with van der Waals surface area (Å²) in [6.45, 7) is 0.316. The average Bonchev–Trinajstić information content (AvgIpc) is 2.72. The molecule has 2 rings (SSSR count). The predicted molar refractivity (Wildman–Crippen MR) is 74.8 cm³/mol. The van der Waals surface area contributed by atoms with Crippen molar-refractivity contribution in [1.82, 2.24) is 0 Å². The van der Waals surface area contributed by atoms with Crippen LogP contribution in [-0.4, -0.2) is 11.1 Å². The molecular weight excluding hydrogens is 340 g/mol. The molecule has 0 aliphatic rings. The average molecular weight is 348 g/mol. The van der Waals surface area contributed by atoms with Gasteiger partial charge in [-0.1, -0.05) is 17.7 Å². The van der Waals surface area contributed by atoms with Crippen molar-refractivity contribution in [2.75, 3.05) is 0 Å². The Bertz CT molecular complexity index is 582. The fourth-order valence-electron chi connectivity index (χ4n) is 1.41. The quantitative estimate of drug-likeness (QED) is 0.889. The van der Waals surface area contributed by atoms with Crippen LogP contribution < -0.4 is 4.74 Å². The predicted octanol–water partition coefficient (Wildman–Crippen LogP) is 4.44. The maximum atomic E-state index is 11.1. The minimum atomic E-state index is -1.09. The molecule has 18 heavy (non-hydrogen) atoms. The van der Waals surface area contributed by atoms with Gasteiger partial charge in [0.25, 0.3) is 0 Å². The van der Waals surface area contributed by atoms with Gasteiger partial charge in [-0.05, 0) is 40.2 Å². The summed E-state index contributed by atoms with van der Waals surface area (Å²) < 4.78 is 6.51. The van der Waals surface area contributed by atoms with E-state index in [0.29, 0.717) is 6.61 Å². The second-order valence-electron chi connectivity index (χ2n) is 3.41. The number of ether oxygens (including phenoxy) is 1. The van der Waals surface area contributed by atoms with Gasteiger partial charge in [-0.2, -0.15) is 0 Å². The third kappa shape index (κ3) is 3.04. The number of hydrogen-bond donors (Lipinski definition) is 1. The maximum absolute atomic E-state index is 11.1. The van der Waals surface area contributed by atoms with Crippen LogP contribution in [0.15, 0.2) is 34.1 Å². The molecular formula is C12H8BrClO3S. The fraction of sp³-hybridized carbons (Fsp3) is 0.0833. The molecule has 1 aromatic carbocycles. The Kier molecular flexibility index (Phi) is 4.27. The lowest BCUT2D eigenvalue weighted by Gasteiger charge is -2.09. The molecule has 1 aromatic heterocycles. The molecule has 0 aliphatic carbocycles. The maximum Gasteiger partial charge on any atom is 0.341 e. The van der Waals surface area contributed by atoms with Crippen molar-refractivity contribution in [2.24, 2.45) is 0 Å². The van der Waals surface area contributed by atoms with E-state index in [1.54, 1.807) is 12.1 Å². The van der Waals surface area contributed by atoms with E-state index in [-0.39, 0.29) is 16.3 Å². The van der Waals surface area contributed by atoms with E-state index in [1.807, 2.05) is 12.1 Å². The zero-order valence-corrected chi connectivity index (χ0v) is 12.2. The topological polar surface area (TPSA) is 46.5 Å². The van der Waals surface area contributed by atoms with E-state index in [9.17, 15) is 4.79 Å². The van der Waals surface area contributed by atoms with Crippen molar-refractivity contribution in [2.45, 2.75) is 6.61 Å². The third-order valence-electron chi connectivity index (χ3n) is 2.19. The number of thiophene rings is 1. The Morgan fingerprint density at radius 1 is 1.39 bits per heavy atom. The molecule has 0 atom stereocenters. The minimum Gasteiger partial charge on any atom is -0.487 e. The lowest BCUT2D eigenvalue weighted by Crippen LogP contribution is -2.03. The van der Waals surface area contributed by atoms with Crippen LogP contribution in [0.1, 0.15) is 15.2 Å². The highest BCUT2D eigenvalue weighted by Crippen LogP contribution is 2.28. The van der Waals surface area contributed by atoms with Crippen LogP contribution in [0.2, 0.25) is 5.02 Å². The van der Waals surface area contributed by atoms with Gasteiger partial charge in [0, 0.05) is 4.88 Å². The molecule has 2 aromatic rings. The van der Waals surface area contributed by atoms with E-state index in [2.05, 4.69) is 15.9 Å². The van der Waals surface area contributed by atoms with Crippen molar-refractivity contribution in [3.8, 4) is 5.75 Å². The molecule has 0 radical (unpaired) electrons. The molecule has 3 nitrogen and oxygen atoms in total. The number of carboxylic acids is 1. The molecule has 0 saturated heterocycles. The number of rotatable bonds is 4. The highest BCUT2D eigenvalue weighted by Gasteiger charge is 2.15. The van der Waals surface area contributed by atoms with Crippen molar-refractivity contribution >= 4 is 44.8 Å². The summed E-state index contributed by atoms with van der Waals surface area (Å²) in [5.41, 5.74) is -0.00483. The van der Waals surface area contributed by atoms with Crippen molar-refractivity contribution in [1.29, 1.82) is 0 Å². The van der Waals surface area contributed by atoms with Crippen molar-refractivity contribution in [3.05, 3.63) is 49.6 Å². The van der Waals surface area contributed by atoms with E-state index in [4.69, 9.17) is 21.4 Å². The van der Waals surface area contributed by atoms with Crippen LogP contribution >= 0.6 is 38.9 Å². The largest absolute Gasteiger partial charge is 0.487 e. The fourth-order valence-corrected chi connectivity index (χ4v) is 3.05. The number of hydrogen-bond acceptors (Lipinski definition) is 3.